The Hall–Kier alpha value is -4.88. The molecule has 0 radical (unpaired) electrons. The summed E-state index contributed by atoms with van der Waals surface area (Å²) in [6, 6.07) is 12.0. The van der Waals surface area contributed by atoms with E-state index in [1.54, 1.807) is 18.3 Å². The number of tetrazole rings is 1. The minimum Gasteiger partial charge on any atom is -0.447 e. The molecule has 0 fully saturated rings. The number of fused-ring (bicyclic) bond motifs is 4. The van der Waals surface area contributed by atoms with Crippen LogP contribution < -0.4 is 16.0 Å². The Morgan fingerprint density at radius 1 is 1.16 bits per heavy atom. The lowest BCUT2D eigenvalue weighted by Crippen LogP contribution is -2.27. The van der Waals surface area contributed by atoms with Gasteiger partial charge in [0.1, 0.15) is 12.9 Å². The molecule has 14 heteroatoms. The van der Waals surface area contributed by atoms with Crippen molar-refractivity contribution >= 4 is 41.1 Å². The number of methoxy groups -OCH3 is 1. The quantitative estimate of drug-likeness (QED) is 0.167. The van der Waals surface area contributed by atoms with Crippen LogP contribution in [0.25, 0.3) is 22.9 Å². The van der Waals surface area contributed by atoms with Gasteiger partial charge in [-0.3, -0.25) is 15.1 Å². The summed E-state index contributed by atoms with van der Waals surface area (Å²) in [4.78, 5) is 29.9. The molecule has 1 aliphatic rings. The monoisotopic (exact) mass is 634 g/mol. The number of hydrogen-bond donors (Lipinski definition) is 3. The van der Waals surface area contributed by atoms with E-state index in [9.17, 15) is 14.0 Å². The molecular formula is C31H32ClFN8O4. The van der Waals surface area contributed by atoms with Gasteiger partial charge in [0, 0.05) is 48.4 Å². The predicted molar refractivity (Wildman–Crippen MR) is 168 cm³/mol. The molecule has 2 amide bonds. The van der Waals surface area contributed by atoms with Crippen molar-refractivity contribution in [1.29, 1.82) is 0 Å². The molecule has 1 aliphatic heterocycles. The molecule has 2 bridgehead atoms. The van der Waals surface area contributed by atoms with Crippen LogP contribution in [0, 0.1) is 5.82 Å². The maximum Gasteiger partial charge on any atom is 0.411 e. The molecule has 0 spiro atoms. The Kier molecular flexibility index (Phi) is 10.7. The van der Waals surface area contributed by atoms with Crippen LogP contribution in [-0.4, -0.2) is 64.1 Å². The van der Waals surface area contributed by atoms with Gasteiger partial charge in [0.25, 0.3) is 0 Å². The van der Waals surface area contributed by atoms with Gasteiger partial charge in [-0.1, -0.05) is 30.5 Å². The summed E-state index contributed by atoms with van der Waals surface area (Å²) in [6.07, 6.45) is 8.40. The van der Waals surface area contributed by atoms with Crippen molar-refractivity contribution in [3.8, 4) is 16.8 Å². The first-order valence-electron chi connectivity index (χ1n) is 14.4. The third-order valence-electron chi connectivity index (χ3n) is 7.14. The lowest BCUT2D eigenvalue weighted by Gasteiger charge is -2.21. The highest BCUT2D eigenvalue weighted by Gasteiger charge is 2.19. The first kappa shape index (κ1) is 31.5. The van der Waals surface area contributed by atoms with Crippen LogP contribution in [0.1, 0.15) is 43.0 Å². The van der Waals surface area contributed by atoms with Crippen molar-refractivity contribution in [2.45, 2.75) is 31.7 Å². The van der Waals surface area contributed by atoms with Crippen molar-refractivity contribution in [3.63, 3.8) is 0 Å². The summed E-state index contributed by atoms with van der Waals surface area (Å²) in [5.74, 6) is -1.11. The Labute approximate surface area is 264 Å². The van der Waals surface area contributed by atoms with Gasteiger partial charge in [-0.25, -0.2) is 9.18 Å². The summed E-state index contributed by atoms with van der Waals surface area (Å²) in [6.45, 7) is 1.18. The number of pyridine rings is 1. The smallest absolute Gasteiger partial charge is 0.411 e. The standard InChI is InChI=1S/C31H32ClFN8O4/c1-44-15-16-45-31(43)37-21-6-7-22-20-12-14-35-27(17-20)25(5-3-2-4-13-34-26(22)18-21)38-29(42)11-8-23-28(41-19-36-39-40-41)10-9-24(32)30(23)33/h6-12,14,17-19,25,34H,2-5,13,15-16H2,1H3,(H,37,43)(H,38,42). The number of hydrogen-bond acceptors (Lipinski definition) is 9. The van der Waals surface area contributed by atoms with Gasteiger partial charge in [-0.15, -0.1) is 5.10 Å². The number of anilines is 2. The topological polar surface area (TPSA) is 145 Å². The number of halogens is 2. The number of amides is 2. The summed E-state index contributed by atoms with van der Waals surface area (Å²) in [5, 5.41) is 20.2. The number of carbonyl (C=O) groups is 2. The van der Waals surface area contributed by atoms with Crippen LogP contribution >= 0.6 is 11.6 Å². The SMILES string of the molecule is COCCOC(=O)Nc1ccc2c(c1)NCCCCCC(NC(=O)C=Cc1c(-n3cnnn3)ccc(Cl)c1F)c1cc-2ccn1. The van der Waals surface area contributed by atoms with Gasteiger partial charge in [0.2, 0.25) is 5.91 Å². The van der Waals surface area contributed by atoms with Crippen molar-refractivity contribution in [2.24, 2.45) is 0 Å². The molecule has 5 rings (SSSR count). The van der Waals surface area contributed by atoms with Crippen LogP contribution in [0.15, 0.2) is 61.1 Å². The highest BCUT2D eigenvalue weighted by Crippen LogP contribution is 2.33. The zero-order chi connectivity index (χ0) is 31.6. The molecule has 1 unspecified atom stereocenters. The largest absolute Gasteiger partial charge is 0.447 e. The van der Waals surface area contributed by atoms with Crippen LogP contribution in [0.4, 0.5) is 20.6 Å². The fraction of sp³-hybridized carbons (Fsp3) is 0.290. The van der Waals surface area contributed by atoms with E-state index in [1.807, 2.05) is 24.3 Å². The highest BCUT2D eigenvalue weighted by molar-refractivity contribution is 6.31. The van der Waals surface area contributed by atoms with Crippen molar-refractivity contribution < 1.29 is 23.5 Å². The van der Waals surface area contributed by atoms with Crippen LogP contribution in [0.5, 0.6) is 0 Å². The first-order valence-corrected chi connectivity index (χ1v) is 14.8. The lowest BCUT2D eigenvalue weighted by atomic mass is 9.98. The minimum atomic E-state index is -0.692. The van der Waals surface area contributed by atoms with E-state index < -0.39 is 17.8 Å². The summed E-state index contributed by atoms with van der Waals surface area (Å²) < 4.78 is 26.3. The van der Waals surface area contributed by atoms with Crippen molar-refractivity contribution in [1.82, 2.24) is 30.5 Å². The molecule has 12 nitrogen and oxygen atoms in total. The molecule has 3 heterocycles. The summed E-state index contributed by atoms with van der Waals surface area (Å²) in [7, 11) is 1.54. The summed E-state index contributed by atoms with van der Waals surface area (Å²) in [5.41, 5.74) is 4.32. The van der Waals surface area contributed by atoms with Gasteiger partial charge in [0.05, 0.1) is 29.1 Å². The molecule has 2 aromatic carbocycles. The van der Waals surface area contributed by atoms with E-state index in [4.69, 9.17) is 21.1 Å². The third kappa shape index (κ3) is 8.19. The number of rotatable bonds is 8. The van der Waals surface area contributed by atoms with E-state index in [1.165, 1.54) is 36.3 Å². The van der Waals surface area contributed by atoms with E-state index in [-0.39, 0.29) is 23.2 Å². The fourth-order valence-corrected chi connectivity index (χ4v) is 5.10. The average molecular weight is 635 g/mol. The number of carbonyl (C=O) groups excluding carboxylic acids is 2. The third-order valence-corrected chi connectivity index (χ3v) is 7.44. The van der Waals surface area contributed by atoms with Crippen LogP contribution in [-0.2, 0) is 14.3 Å². The fourth-order valence-electron chi connectivity index (χ4n) is 4.93. The van der Waals surface area contributed by atoms with Crippen molar-refractivity contribution in [3.05, 3.63) is 83.2 Å². The maximum absolute atomic E-state index is 15.0. The molecule has 0 saturated heterocycles. The number of aromatic nitrogens is 5. The van der Waals surface area contributed by atoms with E-state index in [0.29, 0.717) is 30.1 Å². The lowest BCUT2D eigenvalue weighted by molar-refractivity contribution is -0.117. The van der Waals surface area contributed by atoms with Gasteiger partial charge in [-0.05, 0) is 71.3 Å². The zero-order valence-electron chi connectivity index (χ0n) is 24.5. The number of ether oxygens (including phenoxy) is 2. The second-order valence-electron chi connectivity index (χ2n) is 10.2. The van der Waals surface area contributed by atoms with Gasteiger partial charge in [-0.2, -0.15) is 4.68 Å². The minimum absolute atomic E-state index is 0.0740. The number of nitrogens with zero attached hydrogens (tertiary/aromatic N) is 5. The first-order chi connectivity index (χ1) is 21.9. The molecule has 0 saturated carbocycles. The zero-order valence-corrected chi connectivity index (χ0v) is 25.3. The average Bonchev–Trinajstić information content (AvgIpc) is 3.57. The van der Waals surface area contributed by atoms with E-state index >= 15 is 0 Å². The molecule has 45 heavy (non-hydrogen) atoms. The van der Waals surface area contributed by atoms with Gasteiger partial charge < -0.3 is 20.1 Å². The predicted octanol–water partition coefficient (Wildman–Crippen LogP) is 5.57. The molecule has 3 N–H and O–H groups in total. The number of nitrogens with one attached hydrogen (secondary N) is 3. The van der Waals surface area contributed by atoms with Crippen LogP contribution in [0.2, 0.25) is 5.02 Å². The Morgan fingerprint density at radius 3 is 2.87 bits per heavy atom. The van der Waals surface area contributed by atoms with Crippen LogP contribution in [0.3, 0.4) is 0 Å². The van der Waals surface area contributed by atoms with Gasteiger partial charge in [0.15, 0.2) is 5.82 Å². The van der Waals surface area contributed by atoms with E-state index in [0.717, 1.165) is 42.6 Å². The van der Waals surface area contributed by atoms with E-state index in [2.05, 4.69) is 36.5 Å². The molecule has 1 atom stereocenters. The summed E-state index contributed by atoms with van der Waals surface area (Å²) >= 11 is 6.02. The Morgan fingerprint density at radius 2 is 2.04 bits per heavy atom. The second-order valence-corrected chi connectivity index (χ2v) is 10.6. The molecule has 2 aromatic heterocycles. The highest BCUT2D eigenvalue weighted by atomic mass is 35.5. The van der Waals surface area contributed by atoms with Crippen molar-refractivity contribution in [2.75, 3.05) is 37.5 Å². The molecule has 4 aromatic rings. The Bertz CT molecular complexity index is 1670. The number of benzene rings is 2. The molecule has 234 valence electrons. The molecule has 0 aliphatic carbocycles. The normalized spacial score (nSPS) is 14.9. The maximum atomic E-state index is 15.0. The molecular weight excluding hydrogens is 603 g/mol. The Balaban J connectivity index is 1.37. The van der Waals surface area contributed by atoms with Gasteiger partial charge >= 0.3 is 6.09 Å². The second kappa shape index (κ2) is 15.2.